The summed E-state index contributed by atoms with van der Waals surface area (Å²) in [5, 5.41) is 1.06. The molecule has 10 heteroatoms. The molecule has 3 aromatic rings. The predicted molar refractivity (Wildman–Crippen MR) is 112 cm³/mol. The van der Waals surface area contributed by atoms with Crippen molar-refractivity contribution in [3.63, 3.8) is 0 Å². The number of nitrogen functional groups attached to an aromatic ring is 1. The fourth-order valence-corrected chi connectivity index (χ4v) is 2.97. The number of carbonyl (C=O) groups is 2. The van der Waals surface area contributed by atoms with E-state index in [2.05, 4.69) is 9.97 Å². The van der Waals surface area contributed by atoms with Crippen LogP contribution in [0.25, 0.3) is 17.2 Å². The maximum Gasteiger partial charge on any atom is 0.342 e. The van der Waals surface area contributed by atoms with Gasteiger partial charge in [-0.05, 0) is 37.6 Å². The number of carbonyl (C=O) groups excluding carboxylic acids is 2. The Balaban J connectivity index is 1.73. The molecular formula is C20H17Cl2N3O5. The van der Waals surface area contributed by atoms with E-state index in [1.807, 2.05) is 0 Å². The van der Waals surface area contributed by atoms with Crippen LogP contribution in [0.3, 0.4) is 0 Å². The molecule has 0 saturated heterocycles. The van der Waals surface area contributed by atoms with E-state index in [1.165, 1.54) is 12.2 Å². The Kier molecular flexibility index (Phi) is 6.59. The summed E-state index contributed by atoms with van der Waals surface area (Å²) in [6, 6.07) is 4.94. The largest absolute Gasteiger partial charge is 0.462 e. The van der Waals surface area contributed by atoms with Gasteiger partial charge in [-0.1, -0.05) is 29.3 Å². The first-order chi connectivity index (χ1) is 14.3. The summed E-state index contributed by atoms with van der Waals surface area (Å²) in [6.07, 6.45) is 2.77. The number of hydrogen-bond acceptors (Lipinski definition) is 8. The summed E-state index contributed by atoms with van der Waals surface area (Å²) >= 11 is 11.8. The molecule has 0 spiro atoms. The fraction of sp³-hybridized carbons (Fsp3) is 0.200. The Morgan fingerprint density at radius 1 is 1.20 bits per heavy atom. The van der Waals surface area contributed by atoms with Gasteiger partial charge in [0.25, 0.3) is 0 Å². The number of nitrogens with two attached hydrogens (primary N) is 1. The Hall–Kier alpha value is -3.10. The first kappa shape index (κ1) is 21.6. The summed E-state index contributed by atoms with van der Waals surface area (Å²) in [5.41, 5.74) is 6.95. The lowest BCUT2D eigenvalue weighted by atomic mass is 10.2. The average molecular weight is 450 g/mol. The third-order valence-corrected chi connectivity index (χ3v) is 4.72. The lowest BCUT2D eigenvalue weighted by molar-refractivity contribution is -0.139. The Morgan fingerprint density at radius 3 is 2.67 bits per heavy atom. The molecular weight excluding hydrogens is 433 g/mol. The van der Waals surface area contributed by atoms with Gasteiger partial charge in [0.05, 0.1) is 22.0 Å². The predicted octanol–water partition coefficient (Wildman–Crippen LogP) is 4.35. The van der Waals surface area contributed by atoms with E-state index in [9.17, 15) is 9.59 Å². The molecule has 30 heavy (non-hydrogen) atoms. The van der Waals surface area contributed by atoms with E-state index in [4.69, 9.17) is 42.8 Å². The van der Waals surface area contributed by atoms with Crippen molar-refractivity contribution in [1.82, 2.24) is 9.97 Å². The molecule has 0 aliphatic carbocycles. The van der Waals surface area contributed by atoms with Crippen molar-refractivity contribution in [3.05, 3.63) is 57.0 Å². The summed E-state index contributed by atoms with van der Waals surface area (Å²) in [6.45, 7) is 3.26. The van der Waals surface area contributed by atoms with Gasteiger partial charge >= 0.3 is 11.9 Å². The van der Waals surface area contributed by atoms with Crippen molar-refractivity contribution in [3.8, 4) is 0 Å². The van der Waals surface area contributed by atoms with E-state index < -0.39 is 11.9 Å². The molecule has 0 bridgehead atoms. The van der Waals surface area contributed by atoms with Gasteiger partial charge in [-0.3, -0.25) is 0 Å². The highest BCUT2D eigenvalue weighted by molar-refractivity contribution is 6.42. The molecule has 2 heterocycles. The summed E-state index contributed by atoms with van der Waals surface area (Å²) < 4.78 is 15.7. The number of anilines is 1. The molecule has 1 aromatic carbocycles. The van der Waals surface area contributed by atoms with Crippen LogP contribution in [-0.4, -0.2) is 28.5 Å². The van der Waals surface area contributed by atoms with Crippen LogP contribution in [0.2, 0.25) is 10.0 Å². The molecule has 2 aromatic heterocycles. The van der Waals surface area contributed by atoms with Crippen LogP contribution in [0.15, 0.2) is 28.7 Å². The normalized spacial score (nSPS) is 11.2. The highest BCUT2D eigenvalue weighted by atomic mass is 35.5. The van der Waals surface area contributed by atoms with Crippen LogP contribution in [0, 0.1) is 6.92 Å². The van der Waals surface area contributed by atoms with E-state index in [0.29, 0.717) is 21.4 Å². The van der Waals surface area contributed by atoms with Crippen molar-refractivity contribution >= 4 is 58.1 Å². The number of rotatable bonds is 6. The van der Waals surface area contributed by atoms with Gasteiger partial charge in [-0.25, -0.2) is 14.6 Å². The first-order valence-electron chi connectivity index (χ1n) is 8.82. The van der Waals surface area contributed by atoms with Crippen LogP contribution in [0.4, 0.5) is 5.82 Å². The molecule has 0 aliphatic heterocycles. The highest BCUT2D eigenvalue weighted by Crippen LogP contribution is 2.29. The lowest BCUT2D eigenvalue weighted by Gasteiger charge is -2.04. The molecule has 0 aliphatic rings. The maximum atomic E-state index is 12.1. The zero-order valence-electron chi connectivity index (χ0n) is 16.1. The average Bonchev–Trinajstić information content (AvgIpc) is 3.04. The number of fused-ring (bicyclic) bond motifs is 1. The van der Waals surface area contributed by atoms with E-state index in [0.717, 1.165) is 0 Å². The second kappa shape index (κ2) is 9.15. The van der Waals surface area contributed by atoms with Crippen LogP contribution in [0.1, 0.15) is 34.4 Å². The third-order valence-electron chi connectivity index (χ3n) is 3.98. The third kappa shape index (κ3) is 4.72. The number of halogens is 2. The quantitative estimate of drug-likeness (QED) is 0.435. The van der Waals surface area contributed by atoms with E-state index in [1.54, 1.807) is 32.0 Å². The van der Waals surface area contributed by atoms with E-state index in [-0.39, 0.29) is 41.5 Å². The smallest absolute Gasteiger partial charge is 0.342 e. The van der Waals surface area contributed by atoms with Crippen LogP contribution in [0.5, 0.6) is 0 Å². The number of nitrogens with zero attached hydrogens (tertiary/aromatic N) is 2. The van der Waals surface area contributed by atoms with Crippen LogP contribution >= 0.6 is 23.2 Å². The number of hydrogen-bond donors (Lipinski definition) is 1. The molecule has 0 radical (unpaired) electrons. The maximum absolute atomic E-state index is 12.1. The molecule has 0 atom stereocenters. The molecule has 156 valence electrons. The number of benzene rings is 1. The van der Waals surface area contributed by atoms with Crippen molar-refractivity contribution in [2.75, 3.05) is 12.3 Å². The second-order valence-electron chi connectivity index (χ2n) is 6.07. The van der Waals surface area contributed by atoms with Crippen LogP contribution in [-0.2, 0) is 20.9 Å². The minimum Gasteiger partial charge on any atom is -0.462 e. The van der Waals surface area contributed by atoms with Crippen LogP contribution < -0.4 is 5.73 Å². The number of aromatic nitrogens is 2. The molecule has 0 amide bonds. The zero-order chi connectivity index (χ0) is 21.8. The first-order valence-corrected chi connectivity index (χ1v) is 9.58. The molecule has 8 nitrogen and oxygen atoms in total. The molecule has 2 N–H and O–H groups in total. The molecule has 0 saturated carbocycles. The zero-order valence-corrected chi connectivity index (χ0v) is 17.6. The SMILES string of the molecule is CCOC(=O)c1c(C)oc2nc(COC(=O)/C=C/c3ccc(Cl)c(Cl)c3)nc(N)c12. The number of aryl methyl sites for hydroxylation is 1. The Bertz CT molecular complexity index is 1160. The summed E-state index contributed by atoms with van der Waals surface area (Å²) in [7, 11) is 0. The Morgan fingerprint density at radius 2 is 1.97 bits per heavy atom. The minimum atomic E-state index is -0.619. The van der Waals surface area contributed by atoms with Gasteiger partial charge in [0, 0.05) is 6.08 Å². The number of esters is 2. The summed E-state index contributed by atoms with van der Waals surface area (Å²) in [4.78, 5) is 32.4. The topological polar surface area (TPSA) is 118 Å². The monoisotopic (exact) mass is 449 g/mol. The van der Waals surface area contributed by atoms with Gasteiger partial charge in [-0.15, -0.1) is 0 Å². The lowest BCUT2D eigenvalue weighted by Crippen LogP contribution is -2.09. The van der Waals surface area contributed by atoms with Gasteiger partial charge in [0.15, 0.2) is 12.4 Å². The van der Waals surface area contributed by atoms with Crippen molar-refractivity contribution in [2.24, 2.45) is 0 Å². The van der Waals surface area contributed by atoms with Gasteiger partial charge < -0.3 is 19.6 Å². The molecule has 3 rings (SSSR count). The number of ether oxygens (including phenoxy) is 2. The second-order valence-corrected chi connectivity index (χ2v) is 6.89. The molecule has 0 fully saturated rings. The highest BCUT2D eigenvalue weighted by Gasteiger charge is 2.24. The number of furan rings is 1. The van der Waals surface area contributed by atoms with Gasteiger partial charge in [-0.2, -0.15) is 4.98 Å². The van der Waals surface area contributed by atoms with Crippen molar-refractivity contribution in [1.29, 1.82) is 0 Å². The van der Waals surface area contributed by atoms with Gasteiger partial charge in [0.2, 0.25) is 5.71 Å². The Labute approximate surface area is 181 Å². The standard InChI is InChI=1S/C20H17Cl2N3O5/c1-3-28-20(27)16-10(2)30-19-17(16)18(23)24-14(25-19)9-29-15(26)7-5-11-4-6-12(21)13(22)8-11/h4-8H,3,9H2,1-2H3,(H2,23,24,25)/b7-5+. The molecule has 0 unspecified atom stereocenters. The van der Waals surface area contributed by atoms with Crippen molar-refractivity contribution in [2.45, 2.75) is 20.5 Å². The van der Waals surface area contributed by atoms with Gasteiger partial charge in [0.1, 0.15) is 17.1 Å². The summed E-state index contributed by atoms with van der Waals surface area (Å²) in [5.74, 6) is -0.734. The van der Waals surface area contributed by atoms with E-state index >= 15 is 0 Å². The fourth-order valence-electron chi connectivity index (χ4n) is 2.66. The van der Waals surface area contributed by atoms with Crippen molar-refractivity contribution < 1.29 is 23.5 Å². The minimum absolute atomic E-state index is 0.0253.